The van der Waals surface area contributed by atoms with Crippen LogP contribution in [0, 0.1) is 0 Å². The zero-order valence-corrected chi connectivity index (χ0v) is 16.7. The third kappa shape index (κ3) is 5.39. The maximum Gasteiger partial charge on any atom is 0.224 e. The third-order valence-electron chi connectivity index (χ3n) is 5.06. The fourth-order valence-electron chi connectivity index (χ4n) is 3.46. The minimum atomic E-state index is 0.0233. The van der Waals surface area contributed by atoms with Crippen LogP contribution in [-0.2, 0) is 11.2 Å². The zero-order valence-electron chi connectivity index (χ0n) is 16.7. The van der Waals surface area contributed by atoms with Crippen molar-refractivity contribution < 1.29 is 14.3 Å². The minimum absolute atomic E-state index is 0.0233. The lowest BCUT2D eigenvalue weighted by Gasteiger charge is -2.36. The number of anilines is 1. The van der Waals surface area contributed by atoms with Crippen LogP contribution in [0.15, 0.2) is 48.5 Å². The molecule has 0 saturated carbocycles. The van der Waals surface area contributed by atoms with Gasteiger partial charge in [-0.2, -0.15) is 0 Å². The summed E-state index contributed by atoms with van der Waals surface area (Å²) in [6.07, 6.45) is 0.335. The Balaban J connectivity index is 1.38. The predicted octanol–water partition coefficient (Wildman–Crippen LogP) is 2.18. The number of amides is 1. The first kappa shape index (κ1) is 20.0. The molecule has 1 heterocycles. The van der Waals surface area contributed by atoms with E-state index in [4.69, 9.17) is 9.47 Å². The summed E-state index contributed by atoms with van der Waals surface area (Å²) in [6.45, 7) is 5.60. The standard InChI is InChI=1S/C22H29N3O3/c1-27-20-9-8-18(16-21(20)28-2)17-22(26)23-10-11-24-12-14-25(15-13-24)19-6-4-3-5-7-19/h3-9,16H,10-15,17H2,1-2H3,(H,23,26). The number of carbonyl (C=O) groups is 1. The second-order valence-electron chi connectivity index (χ2n) is 6.88. The van der Waals surface area contributed by atoms with E-state index >= 15 is 0 Å². The Morgan fingerprint density at radius 3 is 2.36 bits per heavy atom. The summed E-state index contributed by atoms with van der Waals surface area (Å²) in [5, 5.41) is 3.02. The van der Waals surface area contributed by atoms with Gasteiger partial charge >= 0.3 is 0 Å². The molecule has 0 unspecified atom stereocenters. The molecular weight excluding hydrogens is 354 g/mol. The second kappa shape index (κ2) is 9.99. The fourth-order valence-corrected chi connectivity index (χ4v) is 3.46. The number of carbonyl (C=O) groups excluding carboxylic acids is 1. The van der Waals surface area contributed by atoms with Crippen molar-refractivity contribution in [2.75, 3.05) is 58.4 Å². The van der Waals surface area contributed by atoms with Crippen LogP contribution in [-0.4, -0.2) is 64.3 Å². The Morgan fingerprint density at radius 1 is 0.964 bits per heavy atom. The van der Waals surface area contributed by atoms with Gasteiger partial charge in [-0.1, -0.05) is 24.3 Å². The van der Waals surface area contributed by atoms with Gasteiger partial charge in [0.2, 0.25) is 5.91 Å². The zero-order chi connectivity index (χ0) is 19.8. The average Bonchev–Trinajstić information content (AvgIpc) is 2.74. The summed E-state index contributed by atoms with van der Waals surface area (Å²) in [6, 6.07) is 16.1. The van der Waals surface area contributed by atoms with Gasteiger partial charge in [0.1, 0.15) is 0 Å². The summed E-state index contributed by atoms with van der Waals surface area (Å²) in [4.78, 5) is 17.0. The van der Waals surface area contributed by atoms with Crippen LogP contribution in [0.4, 0.5) is 5.69 Å². The summed E-state index contributed by atoms with van der Waals surface area (Å²) >= 11 is 0. The summed E-state index contributed by atoms with van der Waals surface area (Å²) in [5.41, 5.74) is 2.19. The Hall–Kier alpha value is -2.73. The van der Waals surface area contributed by atoms with Gasteiger partial charge in [0.15, 0.2) is 11.5 Å². The van der Waals surface area contributed by atoms with Crippen molar-refractivity contribution in [3.63, 3.8) is 0 Å². The topological polar surface area (TPSA) is 54.0 Å². The first-order valence-corrected chi connectivity index (χ1v) is 9.69. The van der Waals surface area contributed by atoms with E-state index < -0.39 is 0 Å². The molecule has 0 bridgehead atoms. The molecule has 28 heavy (non-hydrogen) atoms. The molecule has 150 valence electrons. The van der Waals surface area contributed by atoms with Crippen molar-refractivity contribution in [2.24, 2.45) is 0 Å². The van der Waals surface area contributed by atoms with Crippen LogP contribution in [0.3, 0.4) is 0 Å². The molecule has 0 aromatic heterocycles. The number of hydrogen-bond donors (Lipinski definition) is 1. The lowest BCUT2D eigenvalue weighted by atomic mass is 10.1. The molecule has 1 aliphatic heterocycles. The molecule has 6 heteroatoms. The number of nitrogens with zero attached hydrogens (tertiary/aromatic N) is 2. The van der Waals surface area contributed by atoms with Crippen LogP contribution in [0.5, 0.6) is 11.5 Å². The molecule has 1 aliphatic rings. The van der Waals surface area contributed by atoms with E-state index in [1.807, 2.05) is 24.3 Å². The van der Waals surface area contributed by atoms with Gasteiger partial charge in [0.25, 0.3) is 0 Å². The monoisotopic (exact) mass is 383 g/mol. The van der Waals surface area contributed by atoms with E-state index in [-0.39, 0.29) is 5.91 Å². The Labute approximate surface area is 167 Å². The SMILES string of the molecule is COc1ccc(CC(=O)NCCN2CCN(c3ccccc3)CC2)cc1OC. The highest BCUT2D eigenvalue weighted by Crippen LogP contribution is 2.27. The highest BCUT2D eigenvalue weighted by Gasteiger charge is 2.17. The average molecular weight is 383 g/mol. The Bertz CT molecular complexity index is 759. The number of hydrogen-bond acceptors (Lipinski definition) is 5. The van der Waals surface area contributed by atoms with Crippen molar-refractivity contribution >= 4 is 11.6 Å². The molecule has 1 amide bonds. The summed E-state index contributed by atoms with van der Waals surface area (Å²) in [7, 11) is 3.20. The predicted molar refractivity (Wildman–Crippen MR) is 111 cm³/mol. The second-order valence-corrected chi connectivity index (χ2v) is 6.88. The van der Waals surface area contributed by atoms with Crippen LogP contribution in [0.25, 0.3) is 0 Å². The molecule has 1 fully saturated rings. The highest BCUT2D eigenvalue weighted by atomic mass is 16.5. The van der Waals surface area contributed by atoms with Crippen LogP contribution < -0.4 is 19.7 Å². The highest BCUT2D eigenvalue weighted by molar-refractivity contribution is 5.78. The van der Waals surface area contributed by atoms with Crippen molar-refractivity contribution in [1.29, 1.82) is 0 Å². The molecule has 0 atom stereocenters. The van der Waals surface area contributed by atoms with Gasteiger partial charge in [-0.3, -0.25) is 9.69 Å². The van der Waals surface area contributed by atoms with Gasteiger partial charge < -0.3 is 19.7 Å². The van der Waals surface area contributed by atoms with Crippen molar-refractivity contribution in [3.05, 3.63) is 54.1 Å². The lowest BCUT2D eigenvalue weighted by Crippen LogP contribution is -2.48. The van der Waals surface area contributed by atoms with E-state index in [1.165, 1.54) is 5.69 Å². The maximum absolute atomic E-state index is 12.2. The van der Waals surface area contributed by atoms with E-state index in [2.05, 4.69) is 39.4 Å². The van der Waals surface area contributed by atoms with E-state index in [1.54, 1.807) is 14.2 Å². The first-order valence-electron chi connectivity index (χ1n) is 9.69. The van der Waals surface area contributed by atoms with Gasteiger partial charge in [-0.15, -0.1) is 0 Å². The molecule has 0 spiro atoms. The first-order chi connectivity index (χ1) is 13.7. The maximum atomic E-state index is 12.2. The molecular formula is C22H29N3O3. The van der Waals surface area contributed by atoms with Crippen molar-refractivity contribution in [2.45, 2.75) is 6.42 Å². The molecule has 2 aromatic rings. The molecule has 1 saturated heterocycles. The number of nitrogens with one attached hydrogen (secondary N) is 1. The van der Waals surface area contributed by atoms with Crippen molar-refractivity contribution in [3.8, 4) is 11.5 Å². The fraction of sp³-hybridized carbons (Fsp3) is 0.409. The smallest absolute Gasteiger partial charge is 0.224 e. The lowest BCUT2D eigenvalue weighted by molar-refractivity contribution is -0.120. The van der Waals surface area contributed by atoms with E-state index in [9.17, 15) is 4.79 Å². The summed E-state index contributed by atoms with van der Waals surface area (Å²) < 4.78 is 10.5. The normalized spacial score (nSPS) is 14.6. The van der Waals surface area contributed by atoms with E-state index in [0.29, 0.717) is 24.5 Å². The van der Waals surface area contributed by atoms with Crippen molar-refractivity contribution in [1.82, 2.24) is 10.2 Å². The Morgan fingerprint density at radius 2 is 1.68 bits per heavy atom. The number of ether oxygens (including phenoxy) is 2. The van der Waals surface area contributed by atoms with Crippen LogP contribution in [0.1, 0.15) is 5.56 Å². The molecule has 2 aromatic carbocycles. The molecule has 0 radical (unpaired) electrons. The number of rotatable bonds is 8. The third-order valence-corrected chi connectivity index (χ3v) is 5.06. The number of para-hydroxylation sites is 1. The molecule has 3 rings (SSSR count). The number of benzene rings is 2. The number of piperazine rings is 1. The van der Waals surface area contributed by atoms with Gasteiger partial charge in [-0.25, -0.2) is 0 Å². The quantitative estimate of drug-likeness (QED) is 0.757. The minimum Gasteiger partial charge on any atom is -0.493 e. The van der Waals surface area contributed by atoms with Gasteiger partial charge in [0, 0.05) is 45.0 Å². The van der Waals surface area contributed by atoms with Crippen LogP contribution in [0.2, 0.25) is 0 Å². The largest absolute Gasteiger partial charge is 0.493 e. The Kier molecular flexibility index (Phi) is 7.14. The number of methoxy groups -OCH3 is 2. The molecule has 0 aliphatic carbocycles. The summed E-state index contributed by atoms with van der Waals surface area (Å²) in [5.74, 6) is 1.33. The van der Waals surface area contributed by atoms with Gasteiger partial charge in [0.05, 0.1) is 20.6 Å². The van der Waals surface area contributed by atoms with E-state index in [0.717, 1.165) is 38.3 Å². The van der Waals surface area contributed by atoms with Gasteiger partial charge in [-0.05, 0) is 29.8 Å². The molecule has 6 nitrogen and oxygen atoms in total. The molecule has 1 N–H and O–H groups in total. The van der Waals surface area contributed by atoms with Crippen LogP contribution >= 0.6 is 0 Å².